The Morgan fingerprint density at radius 1 is 1.03 bits per heavy atom. The molecule has 180 valence electrons. The molecule has 0 aromatic heterocycles. The smallest absolute Gasteiger partial charge is 0.242 e. The SMILES string of the molecule is CNC(=O)[C@@H](C)N(Cc1ccc(Cl)cc1Cl)C(=O)CCCN(c1ccc(Cl)cc1)S(C)(=O)=O. The molecule has 0 unspecified atom stereocenters. The van der Waals surface area contributed by atoms with Gasteiger partial charge in [-0.2, -0.15) is 0 Å². The standard InChI is InChI=1S/C22H26Cl3N3O4S/c1-15(22(30)26-2)27(14-16-6-7-18(24)13-20(16)25)21(29)5-4-12-28(33(3,31)32)19-10-8-17(23)9-11-19/h6-11,13,15H,4-5,12,14H2,1-3H3,(H,26,30)/t15-/m1/s1. The highest BCUT2D eigenvalue weighted by Crippen LogP contribution is 2.24. The van der Waals surface area contributed by atoms with E-state index in [2.05, 4.69) is 5.32 Å². The van der Waals surface area contributed by atoms with E-state index in [1.807, 2.05) is 0 Å². The number of hydrogen-bond donors (Lipinski definition) is 1. The fourth-order valence-corrected chi connectivity index (χ4v) is 4.80. The van der Waals surface area contributed by atoms with Crippen LogP contribution in [0.25, 0.3) is 0 Å². The quantitative estimate of drug-likeness (QED) is 0.491. The third-order valence-electron chi connectivity index (χ3n) is 5.04. The molecule has 11 heteroatoms. The lowest BCUT2D eigenvalue weighted by atomic mass is 10.1. The highest BCUT2D eigenvalue weighted by molar-refractivity contribution is 7.92. The topological polar surface area (TPSA) is 86.8 Å². The average Bonchev–Trinajstić information content (AvgIpc) is 2.75. The first kappa shape index (κ1) is 27.2. The molecule has 0 radical (unpaired) electrons. The molecule has 2 amide bonds. The highest BCUT2D eigenvalue weighted by atomic mass is 35.5. The molecule has 0 saturated heterocycles. The van der Waals surface area contributed by atoms with Crippen molar-refractivity contribution in [1.29, 1.82) is 0 Å². The Hall–Kier alpha value is -2.00. The fourth-order valence-electron chi connectivity index (χ4n) is 3.24. The summed E-state index contributed by atoms with van der Waals surface area (Å²) >= 11 is 18.1. The first-order valence-electron chi connectivity index (χ1n) is 10.1. The van der Waals surface area contributed by atoms with E-state index in [0.717, 1.165) is 6.26 Å². The van der Waals surface area contributed by atoms with Gasteiger partial charge in [0, 0.05) is 41.6 Å². The second-order valence-electron chi connectivity index (χ2n) is 7.46. The van der Waals surface area contributed by atoms with Crippen molar-refractivity contribution in [2.75, 3.05) is 24.2 Å². The van der Waals surface area contributed by atoms with Crippen LogP contribution in [0.4, 0.5) is 5.69 Å². The molecule has 2 aromatic rings. The summed E-state index contributed by atoms with van der Waals surface area (Å²) in [7, 11) is -2.08. The van der Waals surface area contributed by atoms with Gasteiger partial charge in [0.05, 0.1) is 11.9 Å². The van der Waals surface area contributed by atoms with Gasteiger partial charge < -0.3 is 10.2 Å². The van der Waals surface area contributed by atoms with Crippen molar-refractivity contribution in [2.45, 2.75) is 32.4 Å². The Bertz CT molecular complexity index is 1090. The van der Waals surface area contributed by atoms with E-state index in [4.69, 9.17) is 34.8 Å². The van der Waals surface area contributed by atoms with E-state index in [1.165, 1.54) is 16.3 Å². The molecule has 0 heterocycles. The van der Waals surface area contributed by atoms with Gasteiger partial charge in [0.2, 0.25) is 21.8 Å². The zero-order valence-electron chi connectivity index (χ0n) is 18.5. The minimum Gasteiger partial charge on any atom is -0.357 e. The van der Waals surface area contributed by atoms with Crippen LogP contribution in [0.15, 0.2) is 42.5 Å². The van der Waals surface area contributed by atoms with Gasteiger partial charge in [-0.15, -0.1) is 0 Å². The van der Waals surface area contributed by atoms with Crippen molar-refractivity contribution in [3.8, 4) is 0 Å². The van der Waals surface area contributed by atoms with Gasteiger partial charge in [-0.25, -0.2) is 8.42 Å². The lowest BCUT2D eigenvalue weighted by Crippen LogP contribution is -2.46. The molecule has 1 N–H and O–H groups in total. The van der Waals surface area contributed by atoms with Crippen LogP contribution in [0.1, 0.15) is 25.3 Å². The Labute approximate surface area is 209 Å². The summed E-state index contributed by atoms with van der Waals surface area (Å²) in [5.74, 6) is -0.631. The van der Waals surface area contributed by atoms with Crippen LogP contribution >= 0.6 is 34.8 Å². The number of carbonyl (C=O) groups is 2. The van der Waals surface area contributed by atoms with E-state index in [1.54, 1.807) is 49.4 Å². The summed E-state index contributed by atoms with van der Waals surface area (Å²) in [6.45, 7) is 1.82. The lowest BCUT2D eigenvalue weighted by molar-refractivity contribution is -0.140. The molecule has 2 rings (SSSR count). The van der Waals surface area contributed by atoms with Gasteiger partial charge in [0.15, 0.2) is 0 Å². The summed E-state index contributed by atoms with van der Waals surface area (Å²) in [5, 5.41) is 3.88. The summed E-state index contributed by atoms with van der Waals surface area (Å²) in [6, 6.07) is 10.6. The number of carbonyl (C=O) groups excluding carboxylic acids is 2. The Morgan fingerprint density at radius 3 is 2.18 bits per heavy atom. The molecule has 0 fully saturated rings. The normalized spacial score (nSPS) is 12.2. The minimum atomic E-state index is -3.57. The third-order valence-corrected chi connectivity index (χ3v) is 7.07. The maximum atomic E-state index is 13.1. The van der Waals surface area contributed by atoms with E-state index < -0.39 is 16.1 Å². The van der Waals surface area contributed by atoms with E-state index >= 15 is 0 Å². The number of sulfonamides is 1. The van der Waals surface area contributed by atoms with Gasteiger partial charge in [-0.3, -0.25) is 13.9 Å². The number of hydrogen-bond acceptors (Lipinski definition) is 4. The van der Waals surface area contributed by atoms with Gasteiger partial charge >= 0.3 is 0 Å². The first-order valence-corrected chi connectivity index (χ1v) is 13.1. The summed E-state index contributed by atoms with van der Waals surface area (Å²) in [5.41, 5.74) is 1.10. The molecule has 1 atom stereocenters. The van der Waals surface area contributed by atoms with Gasteiger partial charge in [-0.1, -0.05) is 40.9 Å². The first-order chi connectivity index (χ1) is 15.4. The number of halogens is 3. The van der Waals surface area contributed by atoms with Crippen LogP contribution in [-0.4, -0.2) is 51.0 Å². The van der Waals surface area contributed by atoms with Crippen molar-refractivity contribution in [1.82, 2.24) is 10.2 Å². The minimum absolute atomic E-state index is 0.0339. The van der Waals surface area contributed by atoms with Crippen LogP contribution in [-0.2, 0) is 26.2 Å². The van der Waals surface area contributed by atoms with E-state index in [-0.39, 0.29) is 37.7 Å². The Kier molecular flexibility index (Phi) is 9.84. The zero-order valence-corrected chi connectivity index (χ0v) is 21.6. The van der Waals surface area contributed by atoms with Crippen LogP contribution < -0.4 is 9.62 Å². The van der Waals surface area contributed by atoms with E-state index in [9.17, 15) is 18.0 Å². The van der Waals surface area contributed by atoms with Crippen molar-refractivity contribution in [3.05, 3.63) is 63.1 Å². The fraction of sp³-hybridized carbons (Fsp3) is 0.364. The van der Waals surface area contributed by atoms with E-state index in [0.29, 0.717) is 26.3 Å². The van der Waals surface area contributed by atoms with Crippen molar-refractivity contribution in [2.24, 2.45) is 0 Å². The Morgan fingerprint density at radius 2 is 1.64 bits per heavy atom. The second kappa shape index (κ2) is 11.9. The number of nitrogens with zero attached hydrogens (tertiary/aromatic N) is 2. The maximum absolute atomic E-state index is 13.1. The number of rotatable bonds is 10. The van der Waals surface area contributed by atoms with Gasteiger partial charge in [-0.05, 0) is 55.3 Å². The Balaban J connectivity index is 2.16. The van der Waals surface area contributed by atoms with Crippen LogP contribution in [0, 0.1) is 0 Å². The molecule has 7 nitrogen and oxygen atoms in total. The lowest BCUT2D eigenvalue weighted by Gasteiger charge is -2.29. The highest BCUT2D eigenvalue weighted by Gasteiger charge is 2.26. The predicted octanol–water partition coefficient (Wildman–Crippen LogP) is 4.36. The zero-order chi connectivity index (χ0) is 24.8. The van der Waals surface area contributed by atoms with Gasteiger partial charge in [0.25, 0.3) is 0 Å². The summed E-state index contributed by atoms with van der Waals surface area (Å²) in [6.07, 6.45) is 1.39. The van der Waals surface area contributed by atoms with Crippen molar-refractivity contribution >= 4 is 62.3 Å². The van der Waals surface area contributed by atoms with Crippen LogP contribution in [0.2, 0.25) is 15.1 Å². The monoisotopic (exact) mass is 533 g/mol. The number of nitrogens with one attached hydrogen (secondary N) is 1. The maximum Gasteiger partial charge on any atom is 0.242 e. The third kappa shape index (κ3) is 7.78. The number of anilines is 1. The van der Waals surface area contributed by atoms with Crippen molar-refractivity contribution < 1.29 is 18.0 Å². The largest absolute Gasteiger partial charge is 0.357 e. The number of amides is 2. The van der Waals surface area contributed by atoms with Crippen LogP contribution in [0.5, 0.6) is 0 Å². The predicted molar refractivity (Wildman–Crippen MR) is 133 cm³/mol. The van der Waals surface area contributed by atoms with Crippen LogP contribution in [0.3, 0.4) is 0 Å². The van der Waals surface area contributed by atoms with Crippen molar-refractivity contribution in [3.63, 3.8) is 0 Å². The molecule has 2 aromatic carbocycles. The number of benzene rings is 2. The molecule has 0 spiro atoms. The average molecular weight is 535 g/mol. The molecule has 0 aliphatic rings. The molecule has 33 heavy (non-hydrogen) atoms. The molecule has 0 aliphatic carbocycles. The van der Waals surface area contributed by atoms with Gasteiger partial charge in [0.1, 0.15) is 6.04 Å². The molecule has 0 aliphatic heterocycles. The molecule has 0 bridgehead atoms. The second-order valence-corrected chi connectivity index (χ2v) is 10.6. The summed E-state index contributed by atoms with van der Waals surface area (Å²) < 4.78 is 25.8. The molecular weight excluding hydrogens is 509 g/mol. The molecule has 0 saturated carbocycles. The number of likely N-dealkylation sites (N-methyl/N-ethyl adjacent to an activating group) is 1. The molecular formula is C22H26Cl3N3O4S. The summed E-state index contributed by atoms with van der Waals surface area (Å²) in [4.78, 5) is 26.8.